The van der Waals surface area contributed by atoms with Crippen LogP contribution in [-0.4, -0.2) is 23.4 Å². The van der Waals surface area contributed by atoms with Crippen LogP contribution in [0.25, 0.3) is 0 Å². The molecule has 1 aromatic rings. The number of nitrogens with zero attached hydrogens (tertiary/aromatic N) is 1. The van der Waals surface area contributed by atoms with Gasteiger partial charge in [0, 0.05) is 6.07 Å². The van der Waals surface area contributed by atoms with Crippen molar-refractivity contribution in [1.29, 1.82) is 0 Å². The molecule has 0 radical (unpaired) electrons. The van der Waals surface area contributed by atoms with Crippen LogP contribution in [0.4, 0.5) is 5.69 Å². The van der Waals surface area contributed by atoms with Gasteiger partial charge in [-0.2, -0.15) is 0 Å². The van der Waals surface area contributed by atoms with Crippen LogP contribution in [0.15, 0.2) is 29.4 Å². The van der Waals surface area contributed by atoms with Gasteiger partial charge in [-0.15, -0.1) is 0 Å². The van der Waals surface area contributed by atoms with E-state index in [0.29, 0.717) is 0 Å². The quantitative estimate of drug-likeness (QED) is 0.581. The molecule has 0 bridgehead atoms. The van der Waals surface area contributed by atoms with Gasteiger partial charge in [0.1, 0.15) is 5.69 Å². The average Bonchev–Trinajstić information content (AvgIpc) is 2.58. The van der Waals surface area contributed by atoms with Crippen LogP contribution in [0.5, 0.6) is 0 Å². The molecule has 1 unspecified atom stereocenters. The van der Waals surface area contributed by atoms with Gasteiger partial charge < -0.3 is 5.21 Å². The zero-order chi connectivity index (χ0) is 11.5. The van der Waals surface area contributed by atoms with Crippen molar-refractivity contribution in [2.24, 2.45) is 5.16 Å². The number of unbranched alkanes of at least 4 members (excludes halogenated alkanes) is 1. The van der Waals surface area contributed by atoms with E-state index in [1.807, 2.05) is 24.3 Å². The molecule has 1 aliphatic rings. The van der Waals surface area contributed by atoms with Crippen molar-refractivity contribution in [2.75, 3.05) is 6.54 Å². The van der Waals surface area contributed by atoms with E-state index in [0.717, 1.165) is 35.5 Å². The largest absolute Gasteiger partial charge is 0.410 e. The highest BCUT2D eigenvalue weighted by atomic mass is 16.4. The standard InChI is InChI=1S/C12H14N2O2/c1-2-3-8-14-10-7-5-4-6-9(10)11(13-16)12(14)15/h4-7,16H,2-3,8H2,1H3/p+1. The Hall–Kier alpha value is -1.68. The van der Waals surface area contributed by atoms with Crippen LogP contribution in [0.3, 0.4) is 0 Å². The maximum absolute atomic E-state index is 12.0. The Kier molecular flexibility index (Phi) is 3.01. The molecule has 0 saturated heterocycles. The maximum atomic E-state index is 12.0. The van der Waals surface area contributed by atoms with Gasteiger partial charge in [0.25, 0.3) is 0 Å². The number of hydrogen-bond donors (Lipinski definition) is 2. The minimum atomic E-state index is -0.128. The van der Waals surface area contributed by atoms with Gasteiger partial charge in [0.15, 0.2) is 0 Å². The summed E-state index contributed by atoms with van der Waals surface area (Å²) in [6, 6.07) is 7.48. The molecule has 0 saturated carbocycles. The number of rotatable bonds is 3. The van der Waals surface area contributed by atoms with Gasteiger partial charge in [-0.1, -0.05) is 30.6 Å². The Balaban J connectivity index is 2.39. The molecule has 4 heteroatoms. The van der Waals surface area contributed by atoms with E-state index >= 15 is 0 Å². The summed E-state index contributed by atoms with van der Waals surface area (Å²) in [6.07, 6.45) is 2.03. The molecule has 2 N–H and O–H groups in total. The Morgan fingerprint density at radius 3 is 2.81 bits per heavy atom. The first kappa shape index (κ1) is 10.8. The number of quaternary nitrogens is 1. The van der Waals surface area contributed by atoms with Crippen molar-refractivity contribution < 1.29 is 14.9 Å². The highest BCUT2D eigenvalue weighted by Gasteiger charge is 2.39. The lowest BCUT2D eigenvalue weighted by Gasteiger charge is -2.09. The van der Waals surface area contributed by atoms with Crippen LogP contribution in [-0.2, 0) is 4.79 Å². The van der Waals surface area contributed by atoms with Crippen molar-refractivity contribution in [3.05, 3.63) is 29.8 Å². The SMILES string of the molecule is CCCC[NH+]1C(=O)C(=NO)c2ccccc21. The summed E-state index contributed by atoms with van der Waals surface area (Å²) in [5.74, 6) is -0.128. The van der Waals surface area contributed by atoms with E-state index in [9.17, 15) is 4.79 Å². The van der Waals surface area contributed by atoms with E-state index in [2.05, 4.69) is 12.1 Å². The zero-order valence-corrected chi connectivity index (χ0v) is 9.23. The van der Waals surface area contributed by atoms with Crippen LogP contribution >= 0.6 is 0 Å². The fourth-order valence-electron chi connectivity index (χ4n) is 2.04. The van der Waals surface area contributed by atoms with Gasteiger partial charge >= 0.3 is 5.91 Å². The lowest BCUT2D eigenvalue weighted by Crippen LogP contribution is -3.09. The van der Waals surface area contributed by atoms with E-state index in [4.69, 9.17) is 5.21 Å². The first-order valence-electron chi connectivity index (χ1n) is 5.52. The number of para-hydroxylation sites is 1. The number of carbonyl (C=O) groups excluding carboxylic acids is 1. The summed E-state index contributed by atoms with van der Waals surface area (Å²) in [6.45, 7) is 2.85. The number of amides is 1. The predicted octanol–water partition coefficient (Wildman–Crippen LogP) is 0.722. The summed E-state index contributed by atoms with van der Waals surface area (Å²) in [4.78, 5) is 12.8. The summed E-state index contributed by atoms with van der Waals surface area (Å²) < 4.78 is 0. The molecule has 16 heavy (non-hydrogen) atoms. The fraction of sp³-hybridized carbons (Fsp3) is 0.333. The molecule has 84 valence electrons. The second-order valence-corrected chi connectivity index (χ2v) is 3.91. The smallest absolute Gasteiger partial charge is 0.372 e. The number of hydrogen-bond acceptors (Lipinski definition) is 3. The van der Waals surface area contributed by atoms with E-state index < -0.39 is 0 Å². The van der Waals surface area contributed by atoms with Gasteiger partial charge in [0.2, 0.25) is 5.71 Å². The Bertz CT molecular complexity index is 440. The average molecular weight is 219 g/mol. The van der Waals surface area contributed by atoms with Crippen LogP contribution < -0.4 is 4.90 Å². The third kappa shape index (κ3) is 1.61. The third-order valence-corrected chi connectivity index (χ3v) is 2.88. The van der Waals surface area contributed by atoms with Crippen molar-refractivity contribution in [3.63, 3.8) is 0 Å². The van der Waals surface area contributed by atoms with E-state index in [-0.39, 0.29) is 11.6 Å². The van der Waals surface area contributed by atoms with Crippen LogP contribution in [0.1, 0.15) is 25.3 Å². The summed E-state index contributed by atoms with van der Waals surface area (Å²) in [5, 5.41) is 12.0. The van der Waals surface area contributed by atoms with E-state index in [1.54, 1.807) is 0 Å². The molecule has 1 aromatic carbocycles. The number of carbonyl (C=O) groups is 1. The number of fused-ring (bicyclic) bond motifs is 1. The molecule has 0 aliphatic carbocycles. The number of nitrogens with one attached hydrogen (secondary N) is 1. The first-order chi connectivity index (χ1) is 7.79. The monoisotopic (exact) mass is 219 g/mol. The molecule has 1 heterocycles. The summed E-state index contributed by atoms with van der Waals surface area (Å²) in [5.41, 5.74) is 1.86. The topological polar surface area (TPSA) is 54.1 Å². The Morgan fingerprint density at radius 1 is 1.38 bits per heavy atom. The molecule has 0 fully saturated rings. The van der Waals surface area contributed by atoms with Crippen molar-refractivity contribution in [2.45, 2.75) is 19.8 Å². The molecule has 1 amide bonds. The third-order valence-electron chi connectivity index (χ3n) is 2.88. The number of oxime groups is 1. The molecule has 0 aromatic heterocycles. The van der Waals surface area contributed by atoms with Gasteiger partial charge in [-0.25, -0.2) is 9.69 Å². The Morgan fingerprint density at radius 2 is 2.12 bits per heavy atom. The Labute approximate surface area is 94.2 Å². The van der Waals surface area contributed by atoms with Gasteiger partial charge in [-0.3, -0.25) is 0 Å². The molecule has 1 atom stereocenters. The van der Waals surface area contributed by atoms with Crippen molar-refractivity contribution in [3.8, 4) is 0 Å². The lowest BCUT2D eigenvalue weighted by molar-refractivity contribution is -0.742. The minimum absolute atomic E-state index is 0.128. The highest BCUT2D eigenvalue weighted by Crippen LogP contribution is 2.17. The molecular formula is C12H15N2O2+. The van der Waals surface area contributed by atoms with Crippen molar-refractivity contribution >= 4 is 17.3 Å². The molecular weight excluding hydrogens is 204 g/mol. The molecule has 4 nitrogen and oxygen atoms in total. The fourth-order valence-corrected chi connectivity index (χ4v) is 2.04. The summed E-state index contributed by atoms with van der Waals surface area (Å²) >= 11 is 0. The van der Waals surface area contributed by atoms with Gasteiger partial charge in [0.05, 0.1) is 12.1 Å². The van der Waals surface area contributed by atoms with Crippen molar-refractivity contribution in [1.82, 2.24) is 0 Å². The van der Waals surface area contributed by atoms with E-state index in [1.165, 1.54) is 0 Å². The second kappa shape index (κ2) is 4.45. The number of benzene rings is 1. The highest BCUT2D eigenvalue weighted by molar-refractivity contribution is 6.45. The van der Waals surface area contributed by atoms with Gasteiger partial charge in [-0.05, 0) is 12.5 Å². The normalized spacial score (nSPS) is 21.4. The molecule has 0 spiro atoms. The van der Waals surface area contributed by atoms with Crippen LogP contribution in [0, 0.1) is 0 Å². The first-order valence-corrected chi connectivity index (χ1v) is 5.52. The summed E-state index contributed by atoms with van der Waals surface area (Å²) in [7, 11) is 0. The molecule has 2 rings (SSSR count). The zero-order valence-electron chi connectivity index (χ0n) is 9.23. The second-order valence-electron chi connectivity index (χ2n) is 3.91. The predicted molar refractivity (Wildman–Crippen MR) is 60.2 cm³/mol. The van der Waals surface area contributed by atoms with Crippen LogP contribution in [0.2, 0.25) is 0 Å². The lowest BCUT2D eigenvalue weighted by atomic mass is 10.1. The maximum Gasteiger partial charge on any atom is 0.372 e. The minimum Gasteiger partial charge on any atom is -0.410 e. The molecule has 1 aliphatic heterocycles.